The molecule has 4 rings (SSSR count). The lowest BCUT2D eigenvalue weighted by molar-refractivity contribution is 0.0702. The molecule has 0 aliphatic carbocycles. The first-order valence-electron chi connectivity index (χ1n) is 8.28. The lowest BCUT2D eigenvalue weighted by Crippen LogP contribution is -2.51. The van der Waals surface area contributed by atoms with Gasteiger partial charge in [0.2, 0.25) is 0 Å². The van der Waals surface area contributed by atoms with Crippen LogP contribution in [0.25, 0.3) is 0 Å². The van der Waals surface area contributed by atoms with Gasteiger partial charge in [0, 0.05) is 18.5 Å². The molecule has 1 spiro atoms. The van der Waals surface area contributed by atoms with E-state index in [0.717, 1.165) is 44.2 Å². The van der Waals surface area contributed by atoms with Crippen molar-refractivity contribution in [3.05, 3.63) is 46.5 Å². The Morgan fingerprint density at radius 3 is 2.75 bits per heavy atom. The number of carboxylic acids is 1. The number of hydrogen-bond donors (Lipinski definition) is 1. The summed E-state index contributed by atoms with van der Waals surface area (Å²) in [7, 11) is 2.18. The van der Waals surface area contributed by atoms with Gasteiger partial charge >= 0.3 is 5.97 Å². The Kier molecular flexibility index (Phi) is 3.81. The van der Waals surface area contributed by atoms with E-state index in [1.807, 2.05) is 0 Å². The fourth-order valence-electron chi connectivity index (χ4n) is 4.01. The molecule has 0 bridgehead atoms. The highest BCUT2D eigenvalue weighted by Crippen LogP contribution is 2.43. The third-order valence-corrected chi connectivity index (χ3v) is 6.41. The first kappa shape index (κ1) is 15.6. The van der Waals surface area contributed by atoms with E-state index in [1.54, 1.807) is 0 Å². The molecule has 2 aliphatic rings. The van der Waals surface area contributed by atoms with Gasteiger partial charge in [0.1, 0.15) is 4.88 Å². The molecule has 1 saturated heterocycles. The summed E-state index contributed by atoms with van der Waals surface area (Å²) in [5, 5.41) is 9.99. The molecular weight excluding hydrogens is 322 g/mol. The first-order valence-corrected chi connectivity index (χ1v) is 9.10. The van der Waals surface area contributed by atoms with E-state index in [2.05, 4.69) is 46.1 Å². The first-order chi connectivity index (χ1) is 11.6. The van der Waals surface area contributed by atoms with E-state index in [0.29, 0.717) is 4.88 Å². The maximum absolute atomic E-state index is 11.2. The number of thiazole rings is 1. The van der Waals surface area contributed by atoms with Gasteiger partial charge in [-0.25, -0.2) is 9.78 Å². The second kappa shape index (κ2) is 5.86. The van der Waals surface area contributed by atoms with Crippen molar-refractivity contribution in [3.8, 4) is 0 Å². The van der Waals surface area contributed by atoms with Crippen LogP contribution in [0.15, 0.2) is 30.5 Å². The molecule has 0 unspecified atom stereocenters. The molecule has 0 saturated carbocycles. The number of hydrogen-bond acceptors (Lipinski definition) is 5. The van der Waals surface area contributed by atoms with Crippen molar-refractivity contribution in [1.29, 1.82) is 0 Å². The number of likely N-dealkylation sites (tertiary alicyclic amines) is 1. The highest BCUT2D eigenvalue weighted by Gasteiger charge is 2.42. The summed E-state index contributed by atoms with van der Waals surface area (Å²) >= 11 is 1.27. The van der Waals surface area contributed by atoms with Gasteiger partial charge in [-0.15, -0.1) is 0 Å². The normalized spacial score (nSPS) is 20.1. The van der Waals surface area contributed by atoms with Crippen LogP contribution in [0.4, 0.5) is 5.13 Å². The van der Waals surface area contributed by atoms with Crippen molar-refractivity contribution in [2.75, 3.05) is 31.6 Å². The number of benzene rings is 1. The van der Waals surface area contributed by atoms with Crippen molar-refractivity contribution < 1.29 is 9.90 Å². The smallest absolute Gasteiger partial charge is 0.347 e. The zero-order chi connectivity index (χ0) is 16.7. The van der Waals surface area contributed by atoms with E-state index in [4.69, 9.17) is 0 Å². The van der Waals surface area contributed by atoms with Gasteiger partial charge in [0.05, 0.1) is 6.20 Å². The number of rotatable bonds is 2. The van der Waals surface area contributed by atoms with Gasteiger partial charge in [-0.2, -0.15) is 0 Å². The molecule has 2 aliphatic heterocycles. The number of carbonyl (C=O) groups is 1. The minimum atomic E-state index is -0.898. The zero-order valence-corrected chi connectivity index (χ0v) is 14.6. The summed E-state index contributed by atoms with van der Waals surface area (Å²) in [6, 6.07) is 8.71. The standard InChI is InChI=1S/C18H21N3O2S/c1-20-8-6-18(7-9-20)12-21(11-13-4-2-3-5-14(13)18)17-19-10-15(24-17)16(22)23/h2-5,10H,6-9,11-12H2,1H3,(H,22,23). The number of nitrogens with zero attached hydrogens (tertiary/aromatic N) is 3. The van der Waals surface area contributed by atoms with Crippen LogP contribution in [0, 0.1) is 0 Å². The summed E-state index contributed by atoms with van der Waals surface area (Å²) in [4.78, 5) is 20.5. The number of anilines is 1. The van der Waals surface area contributed by atoms with Crippen LogP contribution >= 0.6 is 11.3 Å². The number of carboxylic acid groups (broad SMARTS) is 1. The van der Waals surface area contributed by atoms with Crippen molar-refractivity contribution in [2.24, 2.45) is 0 Å². The highest BCUT2D eigenvalue weighted by atomic mass is 32.1. The highest BCUT2D eigenvalue weighted by molar-refractivity contribution is 7.17. The van der Waals surface area contributed by atoms with Crippen LogP contribution < -0.4 is 4.90 Å². The van der Waals surface area contributed by atoms with Gasteiger partial charge in [0.25, 0.3) is 0 Å². The van der Waals surface area contributed by atoms with Crippen LogP contribution in [0.2, 0.25) is 0 Å². The molecule has 24 heavy (non-hydrogen) atoms. The average molecular weight is 343 g/mol. The maximum atomic E-state index is 11.2. The van der Waals surface area contributed by atoms with Crippen LogP contribution in [0.1, 0.15) is 33.6 Å². The lowest BCUT2D eigenvalue weighted by Gasteiger charge is -2.48. The van der Waals surface area contributed by atoms with Crippen LogP contribution in [0.3, 0.4) is 0 Å². The fraction of sp³-hybridized carbons (Fsp3) is 0.444. The summed E-state index contributed by atoms with van der Waals surface area (Å²) in [6.07, 6.45) is 3.74. The third kappa shape index (κ3) is 2.59. The topological polar surface area (TPSA) is 56.7 Å². The SMILES string of the molecule is CN1CCC2(CC1)CN(c1ncc(C(=O)O)s1)Cc1ccccc12. The van der Waals surface area contributed by atoms with E-state index in [1.165, 1.54) is 28.7 Å². The fourth-order valence-corrected chi connectivity index (χ4v) is 4.76. The number of aromatic carboxylic acids is 1. The van der Waals surface area contributed by atoms with E-state index >= 15 is 0 Å². The van der Waals surface area contributed by atoms with E-state index in [9.17, 15) is 9.90 Å². The Labute approximate surface area is 145 Å². The summed E-state index contributed by atoms with van der Waals surface area (Å²) in [5.74, 6) is -0.898. The van der Waals surface area contributed by atoms with Gasteiger partial charge in [-0.3, -0.25) is 0 Å². The molecule has 3 heterocycles. The predicted molar refractivity (Wildman–Crippen MR) is 95.0 cm³/mol. The molecule has 0 atom stereocenters. The predicted octanol–water partition coefficient (Wildman–Crippen LogP) is 2.82. The minimum absolute atomic E-state index is 0.149. The Morgan fingerprint density at radius 1 is 1.29 bits per heavy atom. The number of piperidine rings is 1. The molecule has 1 aromatic heterocycles. The quantitative estimate of drug-likeness (QED) is 0.909. The number of aromatic nitrogens is 1. The summed E-state index contributed by atoms with van der Waals surface area (Å²) in [5.41, 5.74) is 2.97. The van der Waals surface area contributed by atoms with Gasteiger partial charge in [-0.05, 0) is 44.1 Å². The Balaban J connectivity index is 1.71. The zero-order valence-electron chi connectivity index (χ0n) is 13.7. The van der Waals surface area contributed by atoms with Crippen LogP contribution in [0.5, 0.6) is 0 Å². The molecule has 6 heteroatoms. The van der Waals surface area contributed by atoms with Crippen molar-refractivity contribution >= 4 is 22.4 Å². The molecule has 0 amide bonds. The molecular formula is C18H21N3O2S. The van der Waals surface area contributed by atoms with E-state index < -0.39 is 5.97 Å². The van der Waals surface area contributed by atoms with Crippen molar-refractivity contribution in [3.63, 3.8) is 0 Å². The lowest BCUT2D eigenvalue weighted by atomic mass is 9.69. The molecule has 1 fully saturated rings. The monoisotopic (exact) mass is 343 g/mol. The Bertz CT molecular complexity index is 765. The molecule has 126 valence electrons. The average Bonchev–Trinajstić information content (AvgIpc) is 3.08. The molecule has 2 aromatic rings. The Morgan fingerprint density at radius 2 is 2.04 bits per heavy atom. The van der Waals surface area contributed by atoms with Gasteiger partial charge in [-0.1, -0.05) is 35.6 Å². The van der Waals surface area contributed by atoms with Crippen molar-refractivity contribution in [2.45, 2.75) is 24.8 Å². The van der Waals surface area contributed by atoms with Crippen molar-refractivity contribution in [1.82, 2.24) is 9.88 Å². The molecule has 1 aromatic carbocycles. The summed E-state index contributed by atoms with van der Waals surface area (Å²) < 4.78 is 0. The van der Waals surface area contributed by atoms with Gasteiger partial charge < -0.3 is 14.9 Å². The second-order valence-electron chi connectivity index (χ2n) is 6.91. The third-order valence-electron chi connectivity index (χ3n) is 5.36. The Hall–Kier alpha value is -1.92. The largest absolute Gasteiger partial charge is 0.477 e. The van der Waals surface area contributed by atoms with Crippen LogP contribution in [-0.2, 0) is 12.0 Å². The maximum Gasteiger partial charge on any atom is 0.347 e. The molecule has 0 radical (unpaired) electrons. The van der Waals surface area contributed by atoms with Gasteiger partial charge in [0.15, 0.2) is 5.13 Å². The molecule has 5 nitrogen and oxygen atoms in total. The molecule has 1 N–H and O–H groups in total. The van der Waals surface area contributed by atoms with Crippen LogP contribution in [-0.4, -0.2) is 47.6 Å². The van der Waals surface area contributed by atoms with E-state index in [-0.39, 0.29) is 5.41 Å². The minimum Gasteiger partial charge on any atom is -0.477 e. The summed E-state index contributed by atoms with van der Waals surface area (Å²) in [6.45, 7) is 3.92. The second-order valence-corrected chi connectivity index (χ2v) is 7.92. The number of fused-ring (bicyclic) bond motifs is 2.